The minimum absolute atomic E-state index is 0.228. The molecule has 0 heterocycles. The molecule has 3 N–H and O–H groups in total. The Morgan fingerprint density at radius 1 is 1.24 bits per heavy atom. The molecular formula is C15H22N2O4. The van der Waals surface area contributed by atoms with Crippen LogP contribution in [0.1, 0.15) is 37.0 Å². The lowest BCUT2D eigenvalue weighted by Crippen LogP contribution is -2.25. The van der Waals surface area contributed by atoms with Crippen LogP contribution in [-0.4, -0.2) is 31.6 Å². The number of nitrogen functional groups attached to an aromatic ring is 1. The first-order chi connectivity index (χ1) is 10.1. The van der Waals surface area contributed by atoms with Crippen LogP contribution in [0.3, 0.4) is 0 Å². The summed E-state index contributed by atoms with van der Waals surface area (Å²) in [6, 6.07) is 4.90. The van der Waals surface area contributed by atoms with Gasteiger partial charge < -0.3 is 20.5 Å². The van der Waals surface area contributed by atoms with Crippen LogP contribution in [0.5, 0.6) is 5.75 Å². The number of nitrogens with one attached hydrogen (secondary N) is 1. The minimum Gasteiger partial charge on any atom is -0.492 e. The number of nitrogens with two attached hydrogens (primary N) is 1. The Balaban J connectivity index is 2.42. The van der Waals surface area contributed by atoms with Crippen LogP contribution in [0.2, 0.25) is 0 Å². The number of hydrogen-bond acceptors (Lipinski definition) is 5. The SMILES string of the molecule is CCOC(=O)CCCNC(=O)c1ccc(OCC)c(N)c1. The average molecular weight is 294 g/mol. The van der Waals surface area contributed by atoms with Gasteiger partial charge in [-0.2, -0.15) is 0 Å². The molecule has 0 aliphatic heterocycles. The standard InChI is InChI=1S/C15H22N2O4/c1-3-20-13-8-7-11(10-12(13)16)15(19)17-9-5-6-14(18)21-4-2/h7-8,10H,3-6,9,16H2,1-2H3,(H,17,19). The topological polar surface area (TPSA) is 90.6 Å². The fourth-order valence-electron chi connectivity index (χ4n) is 1.75. The third-order valence-corrected chi connectivity index (χ3v) is 2.72. The number of esters is 1. The molecule has 0 saturated heterocycles. The molecule has 6 nitrogen and oxygen atoms in total. The van der Waals surface area contributed by atoms with E-state index >= 15 is 0 Å². The molecule has 0 aliphatic carbocycles. The first kappa shape index (κ1) is 16.8. The van der Waals surface area contributed by atoms with Crippen molar-refractivity contribution in [3.8, 4) is 5.75 Å². The molecule has 0 radical (unpaired) electrons. The molecule has 116 valence electrons. The van der Waals surface area contributed by atoms with Gasteiger partial charge >= 0.3 is 5.97 Å². The number of carbonyl (C=O) groups excluding carboxylic acids is 2. The van der Waals surface area contributed by atoms with E-state index in [9.17, 15) is 9.59 Å². The highest BCUT2D eigenvalue weighted by Gasteiger charge is 2.09. The molecular weight excluding hydrogens is 272 g/mol. The highest BCUT2D eigenvalue weighted by Crippen LogP contribution is 2.22. The molecule has 0 unspecified atom stereocenters. The Morgan fingerprint density at radius 3 is 2.62 bits per heavy atom. The van der Waals surface area contributed by atoms with Crippen LogP contribution in [-0.2, 0) is 9.53 Å². The molecule has 0 saturated carbocycles. The van der Waals surface area contributed by atoms with Gasteiger partial charge in [0.25, 0.3) is 5.91 Å². The van der Waals surface area contributed by atoms with Crippen molar-refractivity contribution in [3.63, 3.8) is 0 Å². The van der Waals surface area contributed by atoms with E-state index < -0.39 is 0 Å². The van der Waals surface area contributed by atoms with E-state index in [0.717, 1.165) is 0 Å². The first-order valence-electron chi connectivity index (χ1n) is 7.04. The summed E-state index contributed by atoms with van der Waals surface area (Å²) in [6.07, 6.45) is 0.830. The van der Waals surface area contributed by atoms with Gasteiger partial charge in [-0.1, -0.05) is 0 Å². The van der Waals surface area contributed by atoms with Crippen molar-refractivity contribution in [3.05, 3.63) is 23.8 Å². The predicted molar refractivity (Wildman–Crippen MR) is 80.2 cm³/mol. The molecule has 0 aliphatic rings. The monoisotopic (exact) mass is 294 g/mol. The third kappa shape index (κ3) is 5.72. The summed E-state index contributed by atoms with van der Waals surface area (Å²) in [7, 11) is 0. The summed E-state index contributed by atoms with van der Waals surface area (Å²) in [6.45, 7) is 4.92. The van der Waals surface area contributed by atoms with E-state index in [0.29, 0.717) is 49.6 Å². The predicted octanol–water partition coefficient (Wildman–Crippen LogP) is 1.74. The number of ether oxygens (including phenoxy) is 2. The zero-order valence-corrected chi connectivity index (χ0v) is 12.5. The summed E-state index contributed by atoms with van der Waals surface area (Å²) >= 11 is 0. The largest absolute Gasteiger partial charge is 0.492 e. The Hall–Kier alpha value is -2.24. The Labute approximate surface area is 124 Å². The molecule has 0 bridgehead atoms. The van der Waals surface area contributed by atoms with Crippen LogP contribution in [0.25, 0.3) is 0 Å². The summed E-state index contributed by atoms with van der Waals surface area (Å²) in [5.41, 5.74) is 6.70. The Kier molecular flexibility index (Phi) is 7.08. The smallest absolute Gasteiger partial charge is 0.305 e. The van der Waals surface area contributed by atoms with Gasteiger partial charge in [-0.15, -0.1) is 0 Å². The highest BCUT2D eigenvalue weighted by atomic mass is 16.5. The molecule has 1 aromatic rings. The van der Waals surface area contributed by atoms with E-state index in [1.807, 2.05) is 6.92 Å². The van der Waals surface area contributed by atoms with Gasteiger partial charge in [0.05, 0.1) is 18.9 Å². The van der Waals surface area contributed by atoms with E-state index in [-0.39, 0.29) is 11.9 Å². The summed E-state index contributed by atoms with van der Waals surface area (Å²) in [4.78, 5) is 23.0. The molecule has 0 aromatic heterocycles. The van der Waals surface area contributed by atoms with Crippen molar-refractivity contribution < 1.29 is 19.1 Å². The second kappa shape index (κ2) is 8.84. The van der Waals surface area contributed by atoms with Crippen LogP contribution < -0.4 is 15.8 Å². The van der Waals surface area contributed by atoms with Crippen molar-refractivity contribution >= 4 is 17.6 Å². The van der Waals surface area contributed by atoms with Crippen molar-refractivity contribution in [2.75, 3.05) is 25.5 Å². The van der Waals surface area contributed by atoms with E-state index in [2.05, 4.69) is 5.32 Å². The Bertz CT molecular complexity index is 489. The van der Waals surface area contributed by atoms with Gasteiger partial charge in [-0.3, -0.25) is 9.59 Å². The number of amides is 1. The number of hydrogen-bond donors (Lipinski definition) is 2. The molecule has 6 heteroatoms. The number of benzene rings is 1. The fourth-order valence-corrected chi connectivity index (χ4v) is 1.75. The molecule has 1 amide bonds. The average Bonchev–Trinajstić information content (AvgIpc) is 2.46. The van der Waals surface area contributed by atoms with Gasteiger partial charge in [0.1, 0.15) is 5.75 Å². The third-order valence-electron chi connectivity index (χ3n) is 2.72. The summed E-state index contributed by atoms with van der Waals surface area (Å²) in [5.74, 6) is 0.0852. The number of anilines is 1. The van der Waals surface area contributed by atoms with E-state index in [4.69, 9.17) is 15.2 Å². The zero-order valence-electron chi connectivity index (χ0n) is 12.5. The lowest BCUT2D eigenvalue weighted by Gasteiger charge is -2.09. The second-order valence-electron chi connectivity index (χ2n) is 4.35. The second-order valence-corrected chi connectivity index (χ2v) is 4.35. The first-order valence-corrected chi connectivity index (χ1v) is 7.04. The van der Waals surface area contributed by atoms with Crippen molar-refractivity contribution in [2.24, 2.45) is 0 Å². The highest BCUT2D eigenvalue weighted by molar-refractivity contribution is 5.95. The molecule has 0 fully saturated rings. The summed E-state index contributed by atoms with van der Waals surface area (Å²) < 4.78 is 10.1. The lowest BCUT2D eigenvalue weighted by atomic mass is 10.1. The van der Waals surface area contributed by atoms with Gasteiger partial charge in [-0.05, 0) is 38.5 Å². The Morgan fingerprint density at radius 2 is 2.00 bits per heavy atom. The minimum atomic E-state index is -0.253. The quantitative estimate of drug-likeness (QED) is 0.433. The normalized spacial score (nSPS) is 10.0. The van der Waals surface area contributed by atoms with Gasteiger partial charge in [0, 0.05) is 18.5 Å². The molecule has 21 heavy (non-hydrogen) atoms. The van der Waals surface area contributed by atoms with Crippen molar-refractivity contribution in [1.82, 2.24) is 5.32 Å². The molecule has 1 aromatic carbocycles. The van der Waals surface area contributed by atoms with Gasteiger partial charge in [0.2, 0.25) is 0 Å². The number of carbonyl (C=O) groups is 2. The molecule has 0 atom stereocenters. The molecule has 1 rings (SSSR count). The zero-order chi connectivity index (χ0) is 15.7. The van der Waals surface area contributed by atoms with Gasteiger partial charge in [0.15, 0.2) is 0 Å². The fraction of sp³-hybridized carbons (Fsp3) is 0.467. The maximum absolute atomic E-state index is 11.9. The molecule has 0 spiro atoms. The maximum Gasteiger partial charge on any atom is 0.305 e. The van der Waals surface area contributed by atoms with Crippen molar-refractivity contribution in [1.29, 1.82) is 0 Å². The maximum atomic E-state index is 11.9. The van der Waals surface area contributed by atoms with Gasteiger partial charge in [-0.25, -0.2) is 0 Å². The van der Waals surface area contributed by atoms with Crippen LogP contribution in [0, 0.1) is 0 Å². The van der Waals surface area contributed by atoms with E-state index in [1.165, 1.54) is 0 Å². The van der Waals surface area contributed by atoms with Crippen molar-refractivity contribution in [2.45, 2.75) is 26.7 Å². The van der Waals surface area contributed by atoms with Crippen LogP contribution in [0.15, 0.2) is 18.2 Å². The number of rotatable bonds is 8. The summed E-state index contributed by atoms with van der Waals surface area (Å²) in [5, 5.41) is 2.73. The lowest BCUT2D eigenvalue weighted by molar-refractivity contribution is -0.143. The van der Waals surface area contributed by atoms with Crippen LogP contribution in [0.4, 0.5) is 5.69 Å². The van der Waals surface area contributed by atoms with Crippen LogP contribution >= 0.6 is 0 Å². The van der Waals surface area contributed by atoms with E-state index in [1.54, 1.807) is 25.1 Å².